The van der Waals surface area contributed by atoms with E-state index in [0.717, 1.165) is 6.42 Å². The van der Waals surface area contributed by atoms with Gasteiger partial charge in [-0.05, 0) is 12.8 Å². The van der Waals surface area contributed by atoms with Crippen LogP contribution in [0.2, 0.25) is 0 Å². The lowest BCUT2D eigenvalue weighted by molar-refractivity contribution is -0.142. The molecule has 1 aliphatic rings. The SMILES string of the molecule is CCC(C)SCC1(CC)C(=O)NC(=O)NC1=O. The van der Waals surface area contributed by atoms with Crippen molar-refractivity contribution in [2.75, 3.05) is 5.75 Å². The Hall–Kier alpha value is -1.04. The number of thioether (sulfide) groups is 1. The molecule has 0 aromatic carbocycles. The Morgan fingerprint density at radius 3 is 2.12 bits per heavy atom. The van der Waals surface area contributed by atoms with E-state index < -0.39 is 23.3 Å². The van der Waals surface area contributed by atoms with Crippen molar-refractivity contribution in [3.8, 4) is 0 Å². The average molecular weight is 258 g/mol. The number of carbonyl (C=O) groups is 3. The molecule has 1 atom stereocenters. The predicted octanol–water partition coefficient (Wildman–Crippen LogP) is 1.28. The molecule has 1 heterocycles. The van der Waals surface area contributed by atoms with E-state index >= 15 is 0 Å². The minimum atomic E-state index is -1.11. The molecule has 2 N–H and O–H groups in total. The zero-order chi connectivity index (χ0) is 13.1. The highest BCUT2D eigenvalue weighted by atomic mass is 32.2. The third kappa shape index (κ3) is 2.80. The zero-order valence-electron chi connectivity index (χ0n) is 10.3. The molecule has 4 amide bonds. The van der Waals surface area contributed by atoms with Crippen LogP contribution in [0.25, 0.3) is 0 Å². The van der Waals surface area contributed by atoms with Crippen LogP contribution in [0.1, 0.15) is 33.6 Å². The smallest absolute Gasteiger partial charge is 0.277 e. The second-order valence-electron chi connectivity index (χ2n) is 4.20. The lowest BCUT2D eigenvalue weighted by Gasteiger charge is -2.33. The van der Waals surface area contributed by atoms with Crippen molar-refractivity contribution < 1.29 is 14.4 Å². The first-order valence-electron chi connectivity index (χ1n) is 5.74. The van der Waals surface area contributed by atoms with E-state index in [0.29, 0.717) is 17.4 Å². The normalized spacial score (nSPS) is 20.8. The Morgan fingerprint density at radius 1 is 1.18 bits per heavy atom. The Balaban J connectivity index is 2.82. The summed E-state index contributed by atoms with van der Waals surface area (Å²) in [5.41, 5.74) is -1.11. The number of nitrogens with one attached hydrogen (secondary N) is 2. The van der Waals surface area contributed by atoms with Crippen LogP contribution >= 0.6 is 11.8 Å². The van der Waals surface area contributed by atoms with Crippen molar-refractivity contribution >= 4 is 29.6 Å². The van der Waals surface area contributed by atoms with Crippen molar-refractivity contribution in [3.63, 3.8) is 0 Å². The number of hydrogen-bond acceptors (Lipinski definition) is 4. The van der Waals surface area contributed by atoms with Crippen LogP contribution < -0.4 is 10.6 Å². The summed E-state index contributed by atoms with van der Waals surface area (Å²) in [4.78, 5) is 34.7. The van der Waals surface area contributed by atoms with Gasteiger partial charge in [-0.2, -0.15) is 11.8 Å². The monoisotopic (exact) mass is 258 g/mol. The summed E-state index contributed by atoms with van der Waals surface area (Å²) in [5, 5.41) is 4.73. The standard InChI is InChI=1S/C11H18N2O3S/c1-4-7(3)17-6-11(5-2)8(14)12-10(16)13-9(11)15/h7H,4-6H2,1-3H3,(H2,12,13,14,15,16). The molecule has 0 bridgehead atoms. The van der Waals surface area contributed by atoms with E-state index in [1.165, 1.54) is 0 Å². The van der Waals surface area contributed by atoms with E-state index in [-0.39, 0.29) is 0 Å². The molecule has 1 rings (SSSR count). The number of imide groups is 2. The molecule has 5 nitrogen and oxygen atoms in total. The zero-order valence-corrected chi connectivity index (χ0v) is 11.1. The molecule has 0 aromatic heterocycles. The van der Waals surface area contributed by atoms with E-state index in [1.807, 2.05) is 0 Å². The average Bonchev–Trinajstić information content (AvgIpc) is 2.28. The number of barbiturate groups is 1. The predicted molar refractivity (Wildman–Crippen MR) is 66.6 cm³/mol. The third-order valence-electron chi connectivity index (χ3n) is 3.12. The summed E-state index contributed by atoms with van der Waals surface area (Å²) >= 11 is 1.58. The van der Waals surface area contributed by atoms with Crippen molar-refractivity contribution in [3.05, 3.63) is 0 Å². The quantitative estimate of drug-likeness (QED) is 0.728. The van der Waals surface area contributed by atoms with E-state index in [9.17, 15) is 14.4 Å². The lowest BCUT2D eigenvalue weighted by atomic mass is 9.84. The Bertz CT molecular complexity index is 324. The molecule has 0 aliphatic carbocycles. The van der Waals surface area contributed by atoms with Gasteiger partial charge >= 0.3 is 6.03 Å². The molecule has 1 unspecified atom stereocenters. The van der Waals surface area contributed by atoms with Crippen LogP contribution in [0.15, 0.2) is 0 Å². The van der Waals surface area contributed by atoms with Gasteiger partial charge in [0.05, 0.1) is 0 Å². The molecule has 1 fully saturated rings. The van der Waals surface area contributed by atoms with Crippen LogP contribution in [0.5, 0.6) is 0 Å². The number of carbonyl (C=O) groups excluding carboxylic acids is 3. The summed E-state index contributed by atoms with van der Waals surface area (Å²) in [5.74, 6) is -0.558. The maximum absolute atomic E-state index is 11.9. The minimum absolute atomic E-state index is 0.386. The fourth-order valence-electron chi connectivity index (χ4n) is 1.54. The van der Waals surface area contributed by atoms with Crippen LogP contribution in [-0.2, 0) is 9.59 Å². The van der Waals surface area contributed by atoms with Gasteiger partial charge in [-0.15, -0.1) is 0 Å². The number of amides is 4. The molecule has 0 radical (unpaired) electrons. The summed E-state index contributed by atoms with van der Waals surface area (Å²) in [6.45, 7) is 5.89. The van der Waals surface area contributed by atoms with Gasteiger partial charge in [-0.3, -0.25) is 20.2 Å². The summed E-state index contributed by atoms with van der Waals surface area (Å²) in [6, 6.07) is -0.724. The van der Waals surface area contributed by atoms with Crippen molar-refractivity contribution in [1.82, 2.24) is 10.6 Å². The second kappa shape index (κ2) is 5.53. The van der Waals surface area contributed by atoms with Gasteiger partial charge in [0.1, 0.15) is 5.41 Å². The molecular weight excluding hydrogens is 240 g/mol. The molecule has 0 aromatic rings. The van der Waals surface area contributed by atoms with Gasteiger partial charge in [0.25, 0.3) is 0 Å². The highest BCUT2D eigenvalue weighted by Crippen LogP contribution is 2.32. The third-order valence-corrected chi connectivity index (χ3v) is 4.68. The van der Waals surface area contributed by atoms with Crippen LogP contribution in [0.3, 0.4) is 0 Å². The topological polar surface area (TPSA) is 75.3 Å². The lowest BCUT2D eigenvalue weighted by Crippen LogP contribution is -2.63. The number of urea groups is 1. The van der Waals surface area contributed by atoms with Gasteiger partial charge < -0.3 is 0 Å². The fraction of sp³-hybridized carbons (Fsp3) is 0.727. The van der Waals surface area contributed by atoms with Crippen molar-refractivity contribution in [1.29, 1.82) is 0 Å². The van der Waals surface area contributed by atoms with Gasteiger partial charge in [0.2, 0.25) is 11.8 Å². The maximum atomic E-state index is 11.9. The molecule has 17 heavy (non-hydrogen) atoms. The van der Waals surface area contributed by atoms with Gasteiger partial charge in [-0.25, -0.2) is 4.79 Å². The molecule has 0 saturated carbocycles. The highest BCUT2D eigenvalue weighted by molar-refractivity contribution is 7.99. The first kappa shape index (κ1) is 14.0. The van der Waals surface area contributed by atoms with Gasteiger partial charge in [0, 0.05) is 11.0 Å². The molecule has 1 aliphatic heterocycles. The molecular formula is C11H18N2O3S. The van der Waals surface area contributed by atoms with Crippen molar-refractivity contribution in [2.45, 2.75) is 38.9 Å². The summed E-state index contributed by atoms with van der Waals surface area (Å²) in [6.07, 6.45) is 1.37. The van der Waals surface area contributed by atoms with E-state index in [2.05, 4.69) is 24.5 Å². The largest absolute Gasteiger partial charge is 0.328 e. The molecule has 0 spiro atoms. The first-order chi connectivity index (χ1) is 7.96. The Labute approximate surface area is 105 Å². The highest BCUT2D eigenvalue weighted by Gasteiger charge is 2.48. The molecule has 1 saturated heterocycles. The number of rotatable bonds is 5. The Kier molecular flexibility index (Phi) is 4.56. The van der Waals surface area contributed by atoms with Gasteiger partial charge in [-0.1, -0.05) is 20.8 Å². The van der Waals surface area contributed by atoms with E-state index in [1.54, 1.807) is 18.7 Å². The van der Waals surface area contributed by atoms with Crippen LogP contribution in [0, 0.1) is 5.41 Å². The Morgan fingerprint density at radius 2 is 1.71 bits per heavy atom. The van der Waals surface area contributed by atoms with Crippen LogP contribution in [-0.4, -0.2) is 28.8 Å². The summed E-state index contributed by atoms with van der Waals surface area (Å²) in [7, 11) is 0. The summed E-state index contributed by atoms with van der Waals surface area (Å²) < 4.78 is 0. The van der Waals surface area contributed by atoms with E-state index in [4.69, 9.17) is 0 Å². The maximum Gasteiger partial charge on any atom is 0.328 e. The molecule has 6 heteroatoms. The minimum Gasteiger partial charge on any atom is -0.277 e. The second-order valence-corrected chi connectivity index (χ2v) is 5.63. The van der Waals surface area contributed by atoms with Crippen molar-refractivity contribution in [2.24, 2.45) is 5.41 Å². The molecule has 96 valence electrons. The van der Waals surface area contributed by atoms with Gasteiger partial charge in [0.15, 0.2) is 0 Å². The first-order valence-corrected chi connectivity index (χ1v) is 6.79. The number of hydrogen-bond donors (Lipinski definition) is 2. The van der Waals surface area contributed by atoms with Crippen LogP contribution in [0.4, 0.5) is 4.79 Å². The fourth-order valence-corrected chi connectivity index (χ4v) is 2.81.